The number of anilines is 1. The molecule has 0 radical (unpaired) electrons. The summed E-state index contributed by atoms with van der Waals surface area (Å²) in [5.41, 5.74) is 2.10. The number of thioether (sulfide) groups is 1. The predicted molar refractivity (Wildman–Crippen MR) is 144 cm³/mol. The Kier molecular flexibility index (Phi) is 8.19. The largest absolute Gasteiger partial charge is 0.347 e. The van der Waals surface area contributed by atoms with Crippen LogP contribution in [0, 0.1) is 11.3 Å². The van der Waals surface area contributed by atoms with Gasteiger partial charge in [-0.1, -0.05) is 87.3 Å². The molecule has 1 saturated heterocycles. The zero-order valence-electron chi connectivity index (χ0n) is 18.2. The highest BCUT2D eigenvalue weighted by Crippen LogP contribution is 2.42. The molecular formula is C26H18BrCl2N3O2S. The normalized spacial score (nSPS) is 16.7. The number of benzene rings is 3. The average Bonchev–Trinajstić information content (AvgIpc) is 3.16. The highest BCUT2D eigenvalue weighted by molar-refractivity contribution is 9.10. The van der Waals surface area contributed by atoms with E-state index < -0.39 is 11.2 Å². The van der Waals surface area contributed by atoms with Crippen molar-refractivity contribution in [1.82, 2.24) is 5.32 Å². The first kappa shape index (κ1) is 25.3. The fourth-order valence-electron chi connectivity index (χ4n) is 3.57. The number of rotatable bonds is 6. The van der Waals surface area contributed by atoms with Crippen LogP contribution in [0.25, 0.3) is 0 Å². The molecule has 3 aromatic carbocycles. The van der Waals surface area contributed by atoms with Crippen molar-refractivity contribution in [3.05, 3.63) is 109 Å². The second-order valence-electron chi connectivity index (χ2n) is 7.66. The molecule has 0 bridgehead atoms. The Hall–Kier alpha value is -2.76. The second kappa shape index (κ2) is 11.3. The second-order valence-corrected chi connectivity index (χ2v) is 10.6. The lowest BCUT2D eigenvalue weighted by Gasteiger charge is -2.19. The summed E-state index contributed by atoms with van der Waals surface area (Å²) >= 11 is 17.0. The van der Waals surface area contributed by atoms with Gasteiger partial charge in [-0.3, -0.25) is 14.5 Å². The molecule has 0 aliphatic carbocycles. The molecule has 0 saturated carbocycles. The van der Waals surface area contributed by atoms with Crippen LogP contribution in [0.5, 0.6) is 0 Å². The van der Waals surface area contributed by atoms with E-state index in [0.717, 1.165) is 15.6 Å². The number of nitriles is 1. The number of halogens is 3. The molecule has 1 aliphatic rings. The van der Waals surface area contributed by atoms with Gasteiger partial charge >= 0.3 is 0 Å². The molecule has 35 heavy (non-hydrogen) atoms. The molecule has 4 rings (SSSR count). The summed E-state index contributed by atoms with van der Waals surface area (Å²) in [6.07, 6.45) is 0.320. The minimum absolute atomic E-state index is 0.119. The van der Waals surface area contributed by atoms with E-state index in [1.165, 1.54) is 16.7 Å². The van der Waals surface area contributed by atoms with Crippen molar-refractivity contribution in [1.29, 1.82) is 5.26 Å². The first-order valence-corrected chi connectivity index (χ1v) is 13.0. The third-order valence-electron chi connectivity index (χ3n) is 5.31. The van der Waals surface area contributed by atoms with Crippen LogP contribution >= 0.6 is 50.9 Å². The van der Waals surface area contributed by atoms with Gasteiger partial charge < -0.3 is 5.32 Å². The van der Waals surface area contributed by atoms with E-state index in [9.17, 15) is 14.9 Å². The molecule has 5 nitrogen and oxygen atoms in total. The Morgan fingerprint density at radius 3 is 2.46 bits per heavy atom. The number of carbonyl (C=O) groups excluding carboxylic acids is 2. The van der Waals surface area contributed by atoms with Crippen LogP contribution in [-0.2, 0) is 22.6 Å². The smallest absolute Gasteiger partial charge is 0.264 e. The van der Waals surface area contributed by atoms with Gasteiger partial charge in [-0.2, -0.15) is 5.26 Å². The Morgan fingerprint density at radius 2 is 1.80 bits per heavy atom. The Morgan fingerprint density at radius 1 is 1.09 bits per heavy atom. The topological polar surface area (TPSA) is 73.2 Å². The third kappa shape index (κ3) is 5.91. The predicted octanol–water partition coefficient (Wildman–Crippen LogP) is 6.50. The first-order valence-electron chi connectivity index (χ1n) is 10.5. The quantitative estimate of drug-likeness (QED) is 0.264. The van der Waals surface area contributed by atoms with Gasteiger partial charge in [0.1, 0.15) is 16.7 Å². The summed E-state index contributed by atoms with van der Waals surface area (Å²) in [5.74, 6) is -0.777. The van der Waals surface area contributed by atoms with Gasteiger partial charge in [0.2, 0.25) is 5.91 Å². The maximum Gasteiger partial charge on any atom is 0.264 e. The number of amides is 2. The molecule has 1 unspecified atom stereocenters. The molecule has 1 heterocycles. The molecule has 1 atom stereocenters. The van der Waals surface area contributed by atoms with E-state index in [4.69, 9.17) is 23.2 Å². The fraction of sp³-hybridized carbons (Fsp3) is 0.115. The summed E-state index contributed by atoms with van der Waals surface area (Å²) in [6.45, 7) is 0.263. The van der Waals surface area contributed by atoms with E-state index in [0.29, 0.717) is 27.2 Å². The summed E-state index contributed by atoms with van der Waals surface area (Å²) < 4.78 is 0.844. The summed E-state index contributed by atoms with van der Waals surface area (Å²) in [6, 6.07) is 23.7. The van der Waals surface area contributed by atoms with Crippen molar-refractivity contribution < 1.29 is 9.59 Å². The molecule has 0 aromatic heterocycles. The number of nitrogens with zero attached hydrogens (tertiary/aromatic N) is 2. The van der Waals surface area contributed by atoms with Crippen molar-refractivity contribution in [2.45, 2.75) is 18.2 Å². The van der Waals surface area contributed by atoms with E-state index in [1.54, 1.807) is 42.5 Å². The summed E-state index contributed by atoms with van der Waals surface area (Å²) in [7, 11) is 0. The highest BCUT2D eigenvalue weighted by Gasteiger charge is 2.41. The van der Waals surface area contributed by atoms with Crippen molar-refractivity contribution in [3.8, 4) is 6.07 Å². The van der Waals surface area contributed by atoms with Crippen molar-refractivity contribution in [2.24, 2.45) is 0 Å². The molecule has 9 heteroatoms. The van der Waals surface area contributed by atoms with Gasteiger partial charge in [-0.15, -0.1) is 0 Å². The number of hydrogen-bond donors (Lipinski definition) is 1. The van der Waals surface area contributed by atoms with Crippen LogP contribution in [0.2, 0.25) is 10.0 Å². The van der Waals surface area contributed by atoms with Gasteiger partial charge in [-0.05, 0) is 53.9 Å². The highest BCUT2D eigenvalue weighted by atomic mass is 79.9. The zero-order chi connectivity index (χ0) is 24.9. The minimum atomic E-state index is -0.572. The number of nitrogens with one attached hydrogen (secondary N) is 1. The van der Waals surface area contributed by atoms with E-state index in [2.05, 4.69) is 21.2 Å². The van der Waals surface area contributed by atoms with Crippen LogP contribution in [0.1, 0.15) is 11.1 Å². The molecule has 1 aliphatic heterocycles. The molecule has 2 amide bonds. The van der Waals surface area contributed by atoms with Crippen molar-refractivity contribution >= 4 is 68.4 Å². The fourth-order valence-corrected chi connectivity index (χ4v) is 5.61. The van der Waals surface area contributed by atoms with Crippen molar-refractivity contribution in [2.75, 3.05) is 4.90 Å². The number of carbonyl (C=O) groups is 2. The van der Waals surface area contributed by atoms with Gasteiger partial charge in [0, 0.05) is 26.8 Å². The molecule has 176 valence electrons. The molecule has 1 N–H and O–H groups in total. The third-order valence-corrected chi connectivity index (χ3v) is 7.69. The standard InChI is InChI=1S/C26H18BrCl2N3O2S/c27-18-7-10-20(11-8-18)32-25(34)23(12-17-6-9-19(28)13-22(17)29)35-26(32)21(14-30)24(33)31-15-16-4-2-1-3-5-16/h1-11,13,23H,12,15H2,(H,31,33)/b26-21-. The van der Waals surface area contributed by atoms with Gasteiger partial charge in [-0.25, -0.2) is 0 Å². The maximum atomic E-state index is 13.6. The molecule has 0 spiro atoms. The van der Waals surface area contributed by atoms with Gasteiger partial charge in [0.25, 0.3) is 5.91 Å². The van der Waals surface area contributed by atoms with Crippen molar-refractivity contribution in [3.63, 3.8) is 0 Å². The Bertz CT molecular complexity index is 1340. The lowest BCUT2D eigenvalue weighted by atomic mass is 10.1. The first-order chi connectivity index (χ1) is 16.9. The Labute approximate surface area is 225 Å². The lowest BCUT2D eigenvalue weighted by molar-refractivity contribution is -0.117. The van der Waals surface area contributed by atoms with Crippen LogP contribution in [0.4, 0.5) is 5.69 Å². The van der Waals surface area contributed by atoms with E-state index >= 15 is 0 Å². The van der Waals surface area contributed by atoms with Crippen LogP contribution in [0.3, 0.4) is 0 Å². The molecule has 1 fully saturated rings. The summed E-state index contributed by atoms with van der Waals surface area (Å²) in [4.78, 5) is 28.0. The van der Waals surface area contributed by atoms with E-state index in [1.807, 2.05) is 36.4 Å². The number of hydrogen-bond acceptors (Lipinski definition) is 4. The van der Waals surface area contributed by atoms with Gasteiger partial charge in [0.15, 0.2) is 0 Å². The average molecular weight is 587 g/mol. The SMILES string of the molecule is N#C/C(C(=O)NCc1ccccc1)=C1/SC(Cc2ccc(Cl)cc2Cl)C(=O)N1c1ccc(Br)cc1. The van der Waals surface area contributed by atoms with E-state index in [-0.39, 0.29) is 18.0 Å². The lowest BCUT2D eigenvalue weighted by Crippen LogP contribution is -2.32. The zero-order valence-corrected chi connectivity index (χ0v) is 22.1. The van der Waals surface area contributed by atoms with Crippen LogP contribution < -0.4 is 10.2 Å². The maximum absolute atomic E-state index is 13.6. The Balaban J connectivity index is 1.68. The minimum Gasteiger partial charge on any atom is -0.347 e. The van der Waals surface area contributed by atoms with Gasteiger partial charge in [0.05, 0.1) is 5.25 Å². The monoisotopic (exact) mass is 585 g/mol. The van der Waals surface area contributed by atoms with Crippen LogP contribution in [0.15, 0.2) is 87.9 Å². The summed E-state index contributed by atoms with van der Waals surface area (Å²) in [5, 5.41) is 13.4. The van der Waals surface area contributed by atoms with Crippen LogP contribution in [-0.4, -0.2) is 17.1 Å². The molecular weight excluding hydrogens is 569 g/mol. The molecule has 3 aromatic rings.